The number of hydrogen-bond donors (Lipinski definition) is 2. The molecule has 1 atom stereocenters. The van der Waals surface area contributed by atoms with Gasteiger partial charge in [0.2, 0.25) is 0 Å². The van der Waals surface area contributed by atoms with E-state index in [1.54, 1.807) is 18.6 Å². The van der Waals surface area contributed by atoms with Crippen molar-refractivity contribution < 1.29 is 8.78 Å². The first kappa shape index (κ1) is 18.5. The van der Waals surface area contributed by atoms with Gasteiger partial charge in [-0.1, -0.05) is 6.07 Å². The minimum atomic E-state index is -2.58. The second kappa shape index (κ2) is 8.02. The van der Waals surface area contributed by atoms with Crippen LogP contribution in [0, 0.1) is 0 Å². The molecule has 1 aliphatic heterocycles. The van der Waals surface area contributed by atoms with E-state index < -0.39 is 6.43 Å². The number of piperazine rings is 1. The third kappa shape index (κ3) is 3.87. The third-order valence-electron chi connectivity index (χ3n) is 4.88. The summed E-state index contributed by atoms with van der Waals surface area (Å²) in [6.07, 6.45) is 3.62. The Bertz CT molecular complexity index is 964. The summed E-state index contributed by atoms with van der Waals surface area (Å²) in [6.45, 7) is 4.64. The summed E-state index contributed by atoms with van der Waals surface area (Å²) in [7, 11) is 0. The topological polar surface area (TPSA) is 66.0 Å². The molecule has 2 N–H and O–H groups in total. The van der Waals surface area contributed by atoms with Crippen molar-refractivity contribution in [1.29, 1.82) is 0 Å². The molecule has 3 heterocycles. The first-order chi connectivity index (χ1) is 13.6. The average molecular weight is 384 g/mol. The summed E-state index contributed by atoms with van der Waals surface area (Å²) in [5.74, 6) is 0. The van der Waals surface area contributed by atoms with E-state index in [1.165, 1.54) is 6.20 Å². The van der Waals surface area contributed by atoms with Gasteiger partial charge in [-0.05, 0) is 24.6 Å². The largest absolute Gasteiger partial charge is 0.378 e. The van der Waals surface area contributed by atoms with E-state index in [4.69, 9.17) is 0 Å². The summed E-state index contributed by atoms with van der Waals surface area (Å²) < 4.78 is 27.3. The molecule has 0 amide bonds. The Morgan fingerprint density at radius 2 is 2.04 bits per heavy atom. The zero-order chi connectivity index (χ0) is 19.5. The van der Waals surface area contributed by atoms with Crippen LogP contribution in [0.3, 0.4) is 0 Å². The van der Waals surface area contributed by atoms with E-state index in [0.717, 1.165) is 23.1 Å². The molecular formula is C20H22F2N6. The molecule has 0 aliphatic carbocycles. The van der Waals surface area contributed by atoms with Crippen LogP contribution in [-0.4, -0.2) is 40.6 Å². The molecule has 28 heavy (non-hydrogen) atoms. The number of pyridine rings is 1. The molecule has 3 aromatic rings. The van der Waals surface area contributed by atoms with Crippen molar-refractivity contribution >= 4 is 22.4 Å². The number of rotatable bonds is 5. The first-order valence-corrected chi connectivity index (χ1v) is 9.29. The molecular weight excluding hydrogens is 362 g/mol. The number of nitrogens with one attached hydrogen (secondary N) is 2. The second-order valence-corrected chi connectivity index (χ2v) is 6.96. The number of anilines is 2. The summed E-state index contributed by atoms with van der Waals surface area (Å²) in [5, 5.41) is 6.64. The van der Waals surface area contributed by atoms with Gasteiger partial charge >= 0.3 is 0 Å². The first-order valence-electron chi connectivity index (χ1n) is 9.29. The van der Waals surface area contributed by atoms with Crippen LogP contribution in [0.4, 0.5) is 20.2 Å². The van der Waals surface area contributed by atoms with Crippen LogP contribution in [0.25, 0.3) is 11.0 Å². The van der Waals surface area contributed by atoms with Gasteiger partial charge in [0.05, 0.1) is 34.2 Å². The predicted octanol–water partition coefficient (Wildman–Crippen LogP) is 3.37. The number of hydrogen-bond acceptors (Lipinski definition) is 6. The fourth-order valence-electron chi connectivity index (χ4n) is 3.56. The fourth-order valence-corrected chi connectivity index (χ4v) is 3.56. The molecule has 146 valence electrons. The molecule has 0 bridgehead atoms. The van der Waals surface area contributed by atoms with Crippen LogP contribution < -0.4 is 15.5 Å². The minimum Gasteiger partial charge on any atom is -0.378 e. The molecule has 1 aromatic carbocycles. The van der Waals surface area contributed by atoms with Gasteiger partial charge in [-0.2, -0.15) is 0 Å². The maximum atomic E-state index is 13.7. The van der Waals surface area contributed by atoms with Gasteiger partial charge in [0, 0.05) is 50.8 Å². The maximum Gasteiger partial charge on any atom is 0.267 e. The molecule has 1 saturated heterocycles. The lowest BCUT2D eigenvalue weighted by Crippen LogP contribution is -2.49. The number of benzene rings is 1. The van der Waals surface area contributed by atoms with Gasteiger partial charge in [0.1, 0.15) is 0 Å². The van der Waals surface area contributed by atoms with Gasteiger partial charge < -0.3 is 15.5 Å². The zero-order valence-corrected chi connectivity index (χ0v) is 15.6. The highest BCUT2D eigenvalue weighted by Gasteiger charge is 2.25. The second-order valence-electron chi connectivity index (χ2n) is 6.96. The van der Waals surface area contributed by atoms with Gasteiger partial charge in [-0.25, -0.2) is 8.78 Å². The standard InChI is InChI=1S/C20H22F2N6/c1-13-12-28(7-6-24-13)19-15(20(21)22)10-23-11-18(19)27-9-14-2-3-16-17(8-14)26-5-4-25-16/h2-5,8,10-11,13,20,24,27H,6-7,9,12H2,1H3/t13-/m0/s1. The van der Waals surface area contributed by atoms with Crippen molar-refractivity contribution in [1.82, 2.24) is 20.3 Å². The van der Waals surface area contributed by atoms with Gasteiger partial charge in [0.25, 0.3) is 6.43 Å². The van der Waals surface area contributed by atoms with Gasteiger partial charge in [-0.15, -0.1) is 0 Å². The van der Waals surface area contributed by atoms with Crippen molar-refractivity contribution in [3.05, 3.63) is 54.1 Å². The lowest BCUT2D eigenvalue weighted by atomic mass is 10.1. The van der Waals surface area contributed by atoms with E-state index in [-0.39, 0.29) is 11.6 Å². The fraction of sp³-hybridized carbons (Fsp3) is 0.350. The number of alkyl halides is 2. The predicted molar refractivity (Wildman–Crippen MR) is 106 cm³/mol. The van der Waals surface area contributed by atoms with Crippen LogP contribution in [-0.2, 0) is 6.54 Å². The van der Waals surface area contributed by atoms with Crippen molar-refractivity contribution in [3.63, 3.8) is 0 Å². The molecule has 6 nitrogen and oxygen atoms in total. The molecule has 0 spiro atoms. The van der Waals surface area contributed by atoms with E-state index >= 15 is 0 Å². The van der Waals surface area contributed by atoms with E-state index in [9.17, 15) is 8.78 Å². The SMILES string of the molecule is C[C@H]1CN(c2c(NCc3ccc4nccnc4c3)cncc2C(F)F)CCN1. The molecule has 4 rings (SSSR count). The molecule has 0 radical (unpaired) electrons. The summed E-state index contributed by atoms with van der Waals surface area (Å²) in [4.78, 5) is 14.6. The Labute approximate surface area is 162 Å². The van der Waals surface area contributed by atoms with Crippen LogP contribution in [0.1, 0.15) is 24.5 Å². The Kier molecular flexibility index (Phi) is 5.29. The quantitative estimate of drug-likeness (QED) is 0.703. The molecule has 0 unspecified atom stereocenters. The lowest BCUT2D eigenvalue weighted by molar-refractivity contribution is 0.151. The average Bonchev–Trinajstić information content (AvgIpc) is 2.71. The highest BCUT2D eigenvalue weighted by Crippen LogP contribution is 2.36. The van der Waals surface area contributed by atoms with E-state index in [0.29, 0.717) is 31.0 Å². The zero-order valence-electron chi connectivity index (χ0n) is 15.6. The molecule has 1 fully saturated rings. The van der Waals surface area contributed by atoms with Crippen molar-refractivity contribution in [2.75, 3.05) is 29.9 Å². The molecule has 1 aliphatic rings. The number of halogens is 2. The smallest absolute Gasteiger partial charge is 0.267 e. The van der Waals surface area contributed by atoms with E-state index in [2.05, 4.69) is 32.5 Å². The normalized spacial score (nSPS) is 17.3. The summed E-state index contributed by atoms with van der Waals surface area (Å²) in [6, 6.07) is 6.05. The number of nitrogens with zero attached hydrogens (tertiary/aromatic N) is 4. The molecule has 2 aromatic heterocycles. The summed E-state index contributed by atoms with van der Waals surface area (Å²) in [5.41, 5.74) is 3.74. The van der Waals surface area contributed by atoms with Crippen LogP contribution >= 0.6 is 0 Å². The third-order valence-corrected chi connectivity index (χ3v) is 4.88. The minimum absolute atomic E-state index is 0.0384. The van der Waals surface area contributed by atoms with Crippen LogP contribution in [0.5, 0.6) is 0 Å². The number of fused-ring (bicyclic) bond motifs is 1. The Morgan fingerprint density at radius 3 is 2.82 bits per heavy atom. The van der Waals surface area contributed by atoms with Crippen LogP contribution in [0.2, 0.25) is 0 Å². The lowest BCUT2D eigenvalue weighted by Gasteiger charge is -2.36. The maximum absolute atomic E-state index is 13.7. The number of aromatic nitrogens is 3. The molecule has 0 saturated carbocycles. The molecule has 8 heteroatoms. The van der Waals surface area contributed by atoms with Gasteiger partial charge in [0.15, 0.2) is 0 Å². The van der Waals surface area contributed by atoms with E-state index in [1.807, 2.05) is 23.1 Å². The van der Waals surface area contributed by atoms with Crippen LogP contribution in [0.15, 0.2) is 43.0 Å². The highest BCUT2D eigenvalue weighted by atomic mass is 19.3. The van der Waals surface area contributed by atoms with Crippen molar-refractivity contribution in [2.45, 2.75) is 25.9 Å². The van der Waals surface area contributed by atoms with Gasteiger partial charge in [-0.3, -0.25) is 15.0 Å². The van der Waals surface area contributed by atoms with Crippen molar-refractivity contribution in [2.24, 2.45) is 0 Å². The monoisotopic (exact) mass is 384 g/mol. The Hall–Kier alpha value is -2.87. The summed E-state index contributed by atoms with van der Waals surface area (Å²) >= 11 is 0. The van der Waals surface area contributed by atoms with Crippen molar-refractivity contribution in [3.8, 4) is 0 Å². The Balaban J connectivity index is 1.61. The Morgan fingerprint density at radius 1 is 1.21 bits per heavy atom. The highest BCUT2D eigenvalue weighted by molar-refractivity contribution is 5.75.